The first-order chi connectivity index (χ1) is 24.3. The predicted molar refractivity (Wildman–Crippen MR) is 205 cm³/mol. The molecule has 10 aromatic rings. The standard InChI is InChI=1S/C44H28N4S/c1-5-13-38-33(9-1)34-10-2-6-14-39(34)47(38)31-21-17-29(18-22-31)37-27-45-28-46-44(37)43-26-25-42(49-43)30-19-23-32(24-20-30)48-40-15-7-3-11-35(40)36-12-4-8-16-41(36)48/h1-28H. The Hall–Kier alpha value is -6.30. The van der Waals surface area contributed by atoms with Crippen molar-refractivity contribution in [2.75, 3.05) is 0 Å². The molecular weight excluding hydrogens is 617 g/mol. The second-order valence-electron chi connectivity index (χ2n) is 12.3. The lowest BCUT2D eigenvalue weighted by Crippen LogP contribution is -1.94. The quantitative estimate of drug-likeness (QED) is 0.187. The van der Waals surface area contributed by atoms with Crippen LogP contribution in [0.5, 0.6) is 0 Å². The molecule has 0 saturated carbocycles. The molecule has 0 radical (unpaired) electrons. The van der Waals surface area contributed by atoms with Crippen LogP contribution in [0.2, 0.25) is 0 Å². The van der Waals surface area contributed by atoms with Crippen molar-refractivity contribution in [3.05, 3.63) is 170 Å². The van der Waals surface area contributed by atoms with Crippen LogP contribution in [0.15, 0.2) is 170 Å². The maximum Gasteiger partial charge on any atom is 0.116 e. The van der Waals surface area contributed by atoms with Gasteiger partial charge in [-0.2, -0.15) is 0 Å². The van der Waals surface area contributed by atoms with Crippen LogP contribution in [-0.2, 0) is 0 Å². The van der Waals surface area contributed by atoms with Crippen molar-refractivity contribution in [2.24, 2.45) is 0 Å². The number of nitrogens with zero attached hydrogens (tertiary/aromatic N) is 4. The fourth-order valence-corrected chi connectivity index (χ4v) is 8.35. The van der Waals surface area contributed by atoms with Gasteiger partial charge in [0.25, 0.3) is 0 Å². The van der Waals surface area contributed by atoms with Gasteiger partial charge in [-0.15, -0.1) is 11.3 Å². The Balaban J connectivity index is 0.984. The van der Waals surface area contributed by atoms with E-state index in [2.05, 4.69) is 172 Å². The molecule has 10 rings (SSSR count). The number of thiophene rings is 1. The molecule has 0 spiro atoms. The summed E-state index contributed by atoms with van der Waals surface area (Å²) in [4.78, 5) is 11.5. The van der Waals surface area contributed by atoms with Gasteiger partial charge in [-0.25, -0.2) is 9.97 Å². The average molecular weight is 645 g/mol. The van der Waals surface area contributed by atoms with Crippen LogP contribution in [0, 0.1) is 0 Å². The molecular formula is C44H28N4S. The summed E-state index contributed by atoms with van der Waals surface area (Å²) < 4.78 is 4.70. The molecule has 5 heteroatoms. The molecule has 0 fully saturated rings. The maximum absolute atomic E-state index is 4.78. The Bertz CT molecular complexity index is 2710. The fraction of sp³-hybridized carbons (Fsp3) is 0. The van der Waals surface area contributed by atoms with Gasteiger partial charge in [-0.1, -0.05) is 97.1 Å². The molecule has 0 N–H and O–H groups in total. The molecule has 0 atom stereocenters. The highest BCUT2D eigenvalue weighted by Crippen LogP contribution is 2.39. The number of aromatic nitrogens is 4. The second-order valence-corrected chi connectivity index (χ2v) is 13.4. The zero-order chi connectivity index (χ0) is 32.3. The predicted octanol–water partition coefficient (Wildman–Crippen LogP) is 11.7. The molecule has 0 bridgehead atoms. The summed E-state index contributed by atoms with van der Waals surface area (Å²) >= 11 is 1.76. The van der Waals surface area contributed by atoms with Crippen LogP contribution in [0.3, 0.4) is 0 Å². The lowest BCUT2D eigenvalue weighted by Gasteiger charge is -2.11. The number of fused-ring (bicyclic) bond motifs is 6. The van der Waals surface area contributed by atoms with Gasteiger partial charge in [-0.05, 0) is 71.8 Å². The summed E-state index contributed by atoms with van der Waals surface area (Å²) in [7, 11) is 0. The minimum absolute atomic E-state index is 0.942. The minimum atomic E-state index is 0.942. The van der Waals surface area contributed by atoms with E-state index in [0.717, 1.165) is 33.1 Å². The van der Waals surface area contributed by atoms with E-state index in [1.807, 2.05) is 6.20 Å². The van der Waals surface area contributed by atoms with E-state index in [1.54, 1.807) is 17.7 Å². The van der Waals surface area contributed by atoms with Crippen LogP contribution < -0.4 is 0 Å². The van der Waals surface area contributed by atoms with Crippen molar-refractivity contribution in [1.29, 1.82) is 0 Å². The van der Waals surface area contributed by atoms with Crippen molar-refractivity contribution in [2.45, 2.75) is 0 Å². The van der Waals surface area contributed by atoms with E-state index < -0.39 is 0 Å². The number of rotatable bonds is 5. The van der Waals surface area contributed by atoms with Crippen molar-refractivity contribution >= 4 is 54.9 Å². The Labute approximate surface area is 286 Å². The van der Waals surface area contributed by atoms with Crippen molar-refractivity contribution in [3.8, 4) is 43.5 Å². The van der Waals surface area contributed by atoms with Gasteiger partial charge in [0.05, 0.1) is 32.6 Å². The average Bonchev–Trinajstić information content (AvgIpc) is 3.89. The van der Waals surface area contributed by atoms with E-state index >= 15 is 0 Å². The first-order valence-corrected chi connectivity index (χ1v) is 17.2. The van der Waals surface area contributed by atoms with Gasteiger partial charge in [-0.3, -0.25) is 0 Å². The highest BCUT2D eigenvalue weighted by atomic mass is 32.1. The normalized spacial score (nSPS) is 11.7. The minimum Gasteiger partial charge on any atom is -0.309 e. The molecule has 4 aromatic heterocycles. The highest BCUT2D eigenvalue weighted by Gasteiger charge is 2.16. The summed E-state index contributed by atoms with van der Waals surface area (Å²) in [6.45, 7) is 0. The third kappa shape index (κ3) is 4.44. The first kappa shape index (κ1) is 27.8. The molecule has 49 heavy (non-hydrogen) atoms. The molecule has 6 aromatic carbocycles. The maximum atomic E-state index is 4.78. The number of hydrogen-bond donors (Lipinski definition) is 0. The Morgan fingerprint density at radius 1 is 0.408 bits per heavy atom. The summed E-state index contributed by atoms with van der Waals surface area (Å²) in [5, 5.41) is 5.06. The summed E-state index contributed by atoms with van der Waals surface area (Å²) in [5.41, 5.74) is 11.4. The van der Waals surface area contributed by atoms with Crippen LogP contribution in [0.4, 0.5) is 0 Å². The Morgan fingerprint density at radius 3 is 1.33 bits per heavy atom. The number of hydrogen-bond acceptors (Lipinski definition) is 3. The topological polar surface area (TPSA) is 35.6 Å². The van der Waals surface area contributed by atoms with Crippen molar-refractivity contribution in [3.63, 3.8) is 0 Å². The molecule has 0 unspecified atom stereocenters. The third-order valence-corrected chi connectivity index (χ3v) is 10.7. The van der Waals surface area contributed by atoms with Gasteiger partial charge in [0.15, 0.2) is 0 Å². The van der Waals surface area contributed by atoms with Gasteiger partial charge in [0.2, 0.25) is 0 Å². The van der Waals surface area contributed by atoms with E-state index in [0.29, 0.717) is 0 Å². The van der Waals surface area contributed by atoms with E-state index in [4.69, 9.17) is 4.98 Å². The van der Waals surface area contributed by atoms with E-state index in [-0.39, 0.29) is 0 Å². The number of para-hydroxylation sites is 4. The summed E-state index contributed by atoms with van der Waals surface area (Å²) in [6, 6.07) is 56.5. The molecule has 0 saturated heterocycles. The molecule has 0 aliphatic heterocycles. The zero-order valence-corrected chi connectivity index (χ0v) is 27.2. The molecule has 4 nitrogen and oxygen atoms in total. The first-order valence-electron chi connectivity index (χ1n) is 16.4. The molecule has 0 aliphatic carbocycles. The van der Waals surface area contributed by atoms with Gasteiger partial charge < -0.3 is 9.13 Å². The Morgan fingerprint density at radius 2 is 0.837 bits per heavy atom. The molecule has 0 aliphatic rings. The summed E-state index contributed by atoms with van der Waals surface area (Å²) in [5.74, 6) is 0. The largest absolute Gasteiger partial charge is 0.309 e. The smallest absolute Gasteiger partial charge is 0.116 e. The van der Waals surface area contributed by atoms with Crippen LogP contribution >= 0.6 is 11.3 Å². The van der Waals surface area contributed by atoms with Crippen LogP contribution in [-0.4, -0.2) is 19.1 Å². The second kappa shape index (κ2) is 11.2. The monoisotopic (exact) mass is 644 g/mol. The van der Waals surface area contributed by atoms with Gasteiger partial charge >= 0.3 is 0 Å². The van der Waals surface area contributed by atoms with Gasteiger partial charge in [0, 0.05) is 49.6 Å². The van der Waals surface area contributed by atoms with E-state index in [1.165, 1.54) is 54.1 Å². The highest BCUT2D eigenvalue weighted by molar-refractivity contribution is 7.18. The van der Waals surface area contributed by atoms with Crippen molar-refractivity contribution in [1.82, 2.24) is 19.1 Å². The SMILES string of the molecule is c1ccc2c(c1)c1ccccc1n2-c1ccc(-c2ccc(-c3ncncc3-c3ccc(-n4c5ccccc5c5ccccc54)cc3)s2)cc1. The number of benzene rings is 6. The van der Waals surface area contributed by atoms with Crippen LogP contribution in [0.1, 0.15) is 0 Å². The van der Waals surface area contributed by atoms with Crippen LogP contribution in [0.25, 0.3) is 87.1 Å². The fourth-order valence-electron chi connectivity index (χ4n) is 7.32. The summed E-state index contributed by atoms with van der Waals surface area (Å²) in [6.07, 6.45) is 3.57. The lowest BCUT2D eigenvalue weighted by molar-refractivity contribution is 1.17. The van der Waals surface area contributed by atoms with Gasteiger partial charge in [0.1, 0.15) is 6.33 Å². The molecule has 230 valence electrons. The van der Waals surface area contributed by atoms with Crippen molar-refractivity contribution < 1.29 is 0 Å². The zero-order valence-electron chi connectivity index (χ0n) is 26.4. The molecule has 0 amide bonds. The van der Waals surface area contributed by atoms with E-state index in [9.17, 15) is 0 Å². The Kier molecular flexibility index (Phi) is 6.32. The third-order valence-electron chi connectivity index (χ3n) is 9.56. The lowest BCUT2D eigenvalue weighted by atomic mass is 10.0. The molecule has 4 heterocycles.